The molecule has 1 aromatic heterocycles. The van der Waals surface area contributed by atoms with Crippen LogP contribution in [-0.2, 0) is 22.6 Å². The Hall–Kier alpha value is -4.45. The number of anilines is 1. The molecule has 5 rings (SSSR count). The molecule has 43 heavy (non-hydrogen) atoms. The summed E-state index contributed by atoms with van der Waals surface area (Å²) in [4.78, 5) is 28.8. The van der Waals surface area contributed by atoms with Crippen molar-refractivity contribution in [2.75, 3.05) is 18.1 Å². The maximum absolute atomic E-state index is 14.0. The molecule has 0 saturated carbocycles. The van der Waals surface area contributed by atoms with Gasteiger partial charge in [0.1, 0.15) is 6.04 Å². The fraction of sp³-hybridized carbons (Fsp3) is 0.344. The second-order valence-corrected chi connectivity index (χ2v) is 11.3. The predicted molar refractivity (Wildman–Crippen MR) is 163 cm³/mol. The van der Waals surface area contributed by atoms with E-state index in [4.69, 9.17) is 0 Å². The van der Waals surface area contributed by atoms with E-state index in [2.05, 4.69) is 31.3 Å². The average molecular weight is 584 g/mol. The molecule has 3 atom stereocenters. The molecule has 0 bridgehead atoms. The number of fused-ring (bicyclic) bond motifs is 1. The van der Waals surface area contributed by atoms with Crippen molar-refractivity contribution in [2.24, 2.45) is 0 Å². The Bertz CT molecular complexity index is 1540. The molecule has 0 fully saturated rings. The van der Waals surface area contributed by atoms with E-state index >= 15 is 0 Å². The highest BCUT2D eigenvalue weighted by Crippen LogP contribution is 2.32. The number of para-hydroxylation sites is 1. The summed E-state index contributed by atoms with van der Waals surface area (Å²) in [5, 5.41) is 40.0. The highest BCUT2D eigenvalue weighted by Gasteiger charge is 2.33. The van der Waals surface area contributed by atoms with Gasteiger partial charge in [0.25, 0.3) is 0 Å². The molecular formula is C32H37N7O4. The molecule has 1 unspecified atom stereocenters. The third-order valence-corrected chi connectivity index (χ3v) is 7.73. The SMILES string of the molecule is C[C@@H](O)CNC(C)(CO)CC(=O)N[C@@H]1CCc2ccccc2N(Cc2ccc(-c3ccccc3-c3nn[nH]n3)cc2)C1=O. The van der Waals surface area contributed by atoms with Crippen LogP contribution >= 0.6 is 0 Å². The number of hydrogen-bond donors (Lipinski definition) is 5. The van der Waals surface area contributed by atoms with Crippen molar-refractivity contribution in [3.8, 4) is 22.5 Å². The van der Waals surface area contributed by atoms with Crippen LogP contribution in [0.2, 0.25) is 0 Å². The van der Waals surface area contributed by atoms with Gasteiger partial charge >= 0.3 is 0 Å². The number of nitrogens with one attached hydrogen (secondary N) is 3. The van der Waals surface area contributed by atoms with Gasteiger partial charge in [-0.2, -0.15) is 5.21 Å². The number of aliphatic hydroxyl groups excluding tert-OH is 2. The quantitative estimate of drug-likeness (QED) is 0.180. The molecule has 2 heterocycles. The number of carbonyl (C=O) groups excluding carboxylic acids is 2. The highest BCUT2D eigenvalue weighted by molar-refractivity contribution is 6.00. The standard InChI is InChI=1S/C32H37N7O4/c1-21(41)18-33-32(2,20-40)17-29(42)34-27-16-15-24-7-3-6-10-28(24)39(31(27)43)19-22-11-13-23(14-12-22)25-8-4-5-9-26(25)30-35-37-38-36-30/h3-14,21,27,33,40-41H,15-20H2,1-2H3,(H,34,42)(H,35,36,37,38)/t21-,27-,32?/m1/s1. The Morgan fingerprint density at radius 3 is 2.51 bits per heavy atom. The van der Waals surface area contributed by atoms with Gasteiger partial charge in [0.2, 0.25) is 17.6 Å². The molecule has 11 heteroatoms. The van der Waals surface area contributed by atoms with Crippen LogP contribution in [0.5, 0.6) is 0 Å². The number of aryl methyl sites for hydroxylation is 1. The minimum absolute atomic E-state index is 0.0419. The summed E-state index contributed by atoms with van der Waals surface area (Å²) >= 11 is 0. The number of aromatic amines is 1. The Morgan fingerprint density at radius 1 is 1.09 bits per heavy atom. The van der Waals surface area contributed by atoms with E-state index < -0.39 is 17.7 Å². The second kappa shape index (κ2) is 13.2. The number of benzene rings is 3. The van der Waals surface area contributed by atoms with Gasteiger partial charge in [0.05, 0.1) is 19.3 Å². The van der Waals surface area contributed by atoms with Gasteiger partial charge in [-0.25, -0.2) is 0 Å². The fourth-order valence-electron chi connectivity index (χ4n) is 5.36. The molecule has 1 aliphatic heterocycles. The second-order valence-electron chi connectivity index (χ2n) is 11.3. The van der Waals surface area contributed by atoms with E-state index in [0.29, 0.717) is 25.2 Å². The van der Waals surface area contributed by atoms with Gasteiger partial charge in [-0.1, -0.05) is 66.7 Å². The molecule has 0 spiro atoms. The first-order valence-corrected chi connectivity index (χ1v) is 14.4. The molecule has 0 saturated heterocycles. The van der Waals surface area contributed by atoms with Crippen molar-refractivity contribution in [2.45, 2.75) is 57.3 Å². The van der Waals surface area contributed by atoms with Crippen molar-refractivity contribution in [3.63, 3.8) is 0 Å². The van der Waals surface area contributed by atoms with Crippen LogP contribution in [0.25, 0.3) is 22.5 Å². The Balaban J connectivity index is 1.35. The maximum Gasteiger partial charge on any atom is 0.249 e. The zero-order chi connectivity index (χ0) is 30.4. The summed E-state index contributed by atoms with van der Waals surface area (Å²) in [6.07, 6.45) is 0.423. The van der Waals surface area contributed by atoms with E-state index in [9.17, 15) is 19.8 Å². The molecule has 2 amide bonds. The topological polar surface area (TPSA) is 156 Å². The van der Waals surface area contributed by atoms with E-state index in [1.165, 1.54) is 0 Å². The number of aliphatic hydroxyl groups is 2. The lowest BCUT2D eigenvalue weighted by molar-refractivity contribution is -0.128. The monoisotopic (exact) mass is 583 g/mol. The summed E-state index contributed by atoms with van der Waals surface area (Å²) in [6.45, 7) is 3.62. The zero-order valence-electron chi connectivity index (χ0n) is 24.3. The number of carbonyl (C=O) groups is 2. The minimum Gasteiger partial charge on any atom is -0.394 e. The number of aromatic nitrogens is 4. The molecule has 1 aliphatic rings. The largest absolute Gasteiger partial charge is 0.394 e. The van der Waals surface area contributed by atoms with Gasteiger partial charge < -0.3 is 25.7 Å². The smallest absolute Gasteiger partial charge is 0.249 e. The Kier molecular flexibility index (Phi) is 9.24. The van der Waals surface area contributed by atoms with Crippen LogP contribution in [0.15, 0.2) is 72.8 Å². The molecule has 0 radical (unpaired) electrons. The molecule has 5 N–H and O–H groups in total. The zero-order valence-corrected chi connectivity index (χ0v) is 24.3. The van der Waals surface area contributed by atoms with Crippen LogP contribution < -0.4 is 15.5 Å². The number of β-amino-alcohol motifs (C(OH)–C–C–N with tert-alkyl or cyclic N) is 1. The molecular weight excluding hydrogens is 546 g/mol. The van der Waals surface area contributed by atoms with Crippen LogP contribution in [0, 0.1) is 0 Å². The summed E-state index contributed by atoms with van der Waals surface area (Å²) in [5.41, 5.74) is 4.68. The maximum atomic E-state index is 14.0. The highest BCUT2D eigenvalue weighted by atomic mass is 16.3. The predicted octanol–water partition coefficient (Wildman–Crippen LogP) is 2.61. The number of hydrogen-bond acceptors (Lipinski definition) is 8. The average Bonchev–Trinajstić information content (AvgIpc) is 3.52. The third kappa shape index (κ3) is 7.14. The number of rotatable bonds is 11. The van der Waals surface area contributed by atoms with Crippen LogP contribution in [0.3, 0.4) is 0 Å². The lowest BCUT2D eigenvalue weighted by Gasteiger charge is -2.30. The van der Waals surface area contributed by atoms with E-state index in [1.54, 1.807) is 18.7 Å². The summed E-state index contributed by atoms with van der Waals surface area (Å²) in [5.74, 6) is -0.0198. The van der Waals surface area contributed by atoms with Crippen LogP contribution in [-0.4, -0.2) is 73.5 Å². The van der Waals surface area contributed by atoms with Crippen LogP contribution in [0.1, 0.15) is 37.8 Å². The van der Waals surface area contributed by atoms with E-state index in [-0.39, 0.29) is 31.4 Å². The van der Waals surface area contributed by atoms with Crippen molar-refractivity contribution in [3.05, 3.63) is 83.9 Å². The fourth-order valence-corrected chi connectivity index (χ4v) is 5.36. The number of amides is 2. The molecule has 0 aliphatic carbocycles. The lowest BCUT2D eigenvalue weighted by atomic mass is 9.97. The Labute approximate surface area is 250 Å². The lowest BCUT2D eigenvalue weighted by Crippen LogP contribution is -2.54. The summed E-state index contributed by atoms with van der Waals surface area (Å²) < 4.78 is 0. The number of tetrazole rings is 1. The van der Waals surface area contributed by atoms with Crippen molar-refractivity contribution >= 4 is 17.5 Å². The number of H-pyrrole nitrogens is 1. The minimum atomic E-state index is -0.929. The Morgan fingerprint density at radius 2 is 1.81 bits per heavy atom. The molecule has 3 aromatic carbocycles. The molecule has 11 nitrogen and oxygen atoms in total. The normalized spacial score (nSPS) is 17.1. The van der Waals surface area contributed by atoms with E-state index in [1.807, 2.05) is 72.8 Å². The summed E-state index contributed by atoms with van der Waals surface area (Å²) in [7, 11) is 0. The third-order valence-electron chi connectivity index (χ3n) is 7.73. The first-order valence-electron chi connectivity index (χ1n) is 14.4. The molecule has 224 valence electrons. The van der Waals surface area contributed by atoms with Gasteiger partial charge in [0, 0.05) is 29.8 Å². The van der Waals surface area contributed by atoms with Crippen molar-refractivity contribution in [1.82, 2.24) is 31.3 Å². The van der Waals surface area contributed by atoms with Crippen LogP contribution in [0.4, 0.5) is 5.69 Å². The van der Waals surface area contributed by atoms with Gasteiger partial charge in [0.15, 0.2) is 0 Å². The first kappa shape index (κ1) is 30.0. The first-order chi connectivity index (χ1) is 20.8. The van der Waals surface area contributed by atoms with Gasteiger partial charge in [-0.3, -0.25) is 9.59 Å². The number of nitrogens with zero attached hydrogens (tertiary/aromatic N) is 4. The van der Waals surface area contributed by atoms with E-state index in [0.717, 1.165) is 33.5 Å². The van der Waals surface area contributed by atoms with Gasteiger partial charge in [-0.15, -0.1) is 10.2 Å². The van der Waals surface area contributed by atoms with Gasteiger partial charge in [-0.05, 0) is 60.2 Å². The molecule has 4 aromatic rings. The van der Waals surface area contributed by atoms with Crippen molar-refractivity contribution < 1.29 is 19.8 Å². The summed E-state index contributed by atoms with van der Waals surface area (Å²) in [6, 6.07) is 23.0. The van der Waals surface area contributed by atoms with Crippen molar-refractivity contribution in [1.29, 1.82) is 0 Å².